The van der Waals surface area contributed by atoms with Crippen LogP contribution in [0, 0.1) is 0 Å². The molecular weight excluding hydrogens is 552 g/mol. The van der Waals surface area contributed by atoms with Crippen LogP contribution in [-0.4, -0.2) is 66.5 Å². The van der Waals surface area contributed by atoms with Crippen LogP contribution in [0.4, 0.5) is 0 Å². The van der Waals surface area contributed by atoms with Gasteiger partial charge in [0.05, 0.1) is 33.4 Å². The molecule has 0 atom stereocenters. The van der Waals surface area contributed by atoms with Gasteiger partial charge in [-0.25, -0.2) is 28.8 Å². The first-order valence-corrected chi connectivity index (χ1v) is 11.6. The van der Waals surface area contributed by atoms with E-state index >= 15 is 0 Å². The molecule has 4 rings (SSSR count). The highest BCUT2D eigenvalue weighted by molar-refractivity contribution is 6.04. The van der Waals surface area contributed by atoms with Crippen molar-refractivity contribution in [2.45, 2.75) is 0 Å². The Bertz CT molecular complexity index is 1500. The lowest BCUT2D eigenvalue weighted by Crippen LogP contribution is -2.10. The molecule has 0 aliphatic rings. The fourth-order valence-electron chi connectivity index (χ4n) is 3.34. The van der Waals surface area contributed by atoms with Gasteiger partial charge in [-0.15, -0.1) is 0 Å². The number of aromatic carboxylic acids is 6. The topological polar surface area (TPSA) is 224 Å². The van der Waals surface area contributed by atoms with Crippen LogP contribution in [0.2, 0.25) is 0 Å². The highest BCUT2D eigenvalue weighted by atomic mass is 16.4. The van der Waals surface area contributed by atoms with Gasteiger partial charge >= 0.3 is 35.8 Å². The monoisotopic (exact) mass is 574 g/mol. The van der Waals surface area contributed by atoms with Gasteiger partial charge in [-0.05, 0) is 47.5 Å². The van der Waals surface area contributed by atoms with Crippen molar-refractivity contribution >= 4 is 35.8 Å². The van der Waals surface area contributed by atoms with Crippen LogP contribution in [0.15, 0.2) is 97.1 Å². The summed E-state index contributed by atoms with van der Waals surface area (Å²) in [5.74, 6) is -8.40. The Morgan fingerprint density at radius 1 is 0.333 bits per heavy atom. The van der Waals surface area contributed by atoms with Crippen LogP contribution >= 0.6 is 0 Å². The number of carboxylic acids is 6. The Morgan fingerprint density at radius 3 is 0.857 bits per heavy atom. The van der Waals surface area contributed by atoms with Crippen molar-refractivity contribution in [1.82, 2.24) is 0 Å². The fourth-order valence-corrected chi connectivity index (χ4v) is 3.34. The van der Waals surface area contributed by atoms with E-state index in [-0.39, 0.29) is 11.1 Å². The number of hydrogen-bond acceptors (Lipinski definition) is 6. The minimum absolute atomic E-state index is 0.266. The van der Waals surface area contributed by atoms with Crippen LogP contribution in [-0.2, 0) is 0 Å². The highest BCUT2D eigenvalue weighted by Gasteiger charge is 2.19. The molecular formula is C30H22O12. The molecule has 6 N–H and O–H groups in total. The standard InChI is InChI=1S/C12H10.2C9H6O6/c1-3-7-11(8-4-1)12-9-5-2-6-10-12;2*10-7(11)4-1-2-5(8(12)13)6(3-4)9(14)15/h1-10H;2*1-3H,(H,10,11)(H,12,13)(H,14,15). The molecule has 0 amide bonds. The molecule has 0 saturated carbocycles. The van der Waals surface area contributed by atoms with E-state index in [0.29, 0.717) is 0 Å². The predicted molar refractivity (Wildman–Crippen MR) is 147 cm³/mol. The second-order valence-electron chi connectivity index (χ2n) is 8.08. The van der Waals surface area contributed by atoms with Gasteiger partial charge in [0.25, 0.3) is 0 Å². The number of carboxylic acid groups (broad SMARTS) is 6. The third kappa shape index (κ3) is 8.88. The van der Waals surface area contributed by atoms with Gasteiger partial charge in [0, 0.05) is 0 Å². The van der Waals surface area contributed by atoms with Crippen LogP contribution in [0.5, 0.6) is 0 Å². The molecule has 214 valence electrons. The van der Waals surface area contributed by atoms with E-state index in [1.165, 1.54) is 11.1 Å². The molecule has 0 spiro atoms. The fraction of sp³-hybridized carbons (Fsp3) is 0. The zero-order valence-electron chi connectivity index (χ0n) is 21.4. The van der Waals surface area contributed by atoms with E-state index in [1.54, 1.807) is 0 Å². The van der Waals surface area contributed by atoms with Crippen LogP contribution in [0.3, 0.4) is 0 Å². The zero-order chi connectivity index (χ0) is 31.4. The summed E-state index contributed by atoms with van der Waals surface area (Å²) in [4.78, 5) is 63.5. The molecule has 12 nitrogen and oxygen atoms in total. The molecule has 0 unspecified atom stereocenters. The Hall–Kier alpha value is -6.30. The summed E-state index contributed by atoms with van der Waals surface area (Å²) in [6, 6.07) is 26.4. The molecule has 0 heterocycles. The van der Waals surface area contributed by atoms with Gasteiger partial charge in [-0.2, -0.15) is 0 Å². The van der Waals surface area contributed by atoms with Crippen molar-refractivity contribution in [2.24, 2.45) is 0 Å². The van der Waals surface area contributed by atoms with E-state index in [9.17, 15) is 28.8 Å². The highest BCUT2D eigenvalue weighted by Crippen LogP contribution is 2.17. The van der Waals surface area contributed by atoms with Gasteiger partial charge in [-0.3, -0.25) is 0 Å². The van der Waals surface area contributed by atoms with E-state index in [4.69, 9.17) is 30.6 Å². The van der Waals surface area contributed by atoms with Crippen molar-refractivity contribution in [2.75, 3.05) is 0 Å². The first kappa shape index (κ1) is 31.9. The molecule has 0 radical (unpaired) electrons. The summed E-state index contributed by atoms with van der Waals surface area (Å²) in [7, 11) is 0. The molecule has 0 aromatic heterocycles. The molecule has 0 fully saturated rings. The van der Waals surface area contributed by atoms with Gasteiger partial charge in [0.1, 0.15) is 0 Å². The molecule has 0 aliphatic heterocycles. The summed E-state index contributed by atoms with van der Waals surface area (Å²) in [6.45, 7) is 0. The zero-order valence-corrected chi connectivity index (χ0v) is 21.4. The first-order valence-electron chi connectivity index (χ1n) is 11.6. The number of rotatable bonds is 7. The molecule has 12 heteroatoms. The molecule has 4 aromatic carbocycles. The molecule has 0 saturated heterocycles. The Labute approximate surface area is 237 Å². The van der Waals surface area contributed by atoms with Crippen molar-refractivity contribution in [3.8, 4) is 11.1 Å². The van der Waals surface area contributed by atoms with Crippen LogP contribution in [0.1, 0.15) is 62.1 Å². The van der Waals surface area contributed by atoms with Crippen molar-refractivity contribution in [3.05, 3.63) is 130 Å². The Morgan fingerprint density at radius 2 is 0.619 bits per heavy atom. The van der Waals surface area contributed by atoms with Gasteiger partial charge in [0.15, 0.2) is 0 Å². The quantitative estimate of drug-likeness (QED) is 0.173. The van der Waals surface area contributed by atoms with Gasteiger partial charge in [-0.1, -0.05) is 60.7 Å². The summed E-state index contributed by atoms with van der Waals surface area (Å²) in [5, 5.41) is 51.8. The maximum atomic E-state index is 10.6. The maximum Gasteiger partial charge on any atom is 0.336 e. The molecule has 0 aliphatic carbocycles. The molecule has 4 aromatic rings. The lowest BCUT2D eigenvalue weighted by atomic mass is 10.0. The summed E-state index contributed by atoms with van der Waals surface area (Å²) >= 11 is 0. The smallest absolute Gasteiger partial charge is 0.336 e. The average Bonchev–Trinajstić information content (AvgIpc) is 2.97. The number of benzene rings is 4. The lowest BCUT2D eigenvalue weighted by molar-refractivity contribution is 0.0648. The lowest BCUT2D eigenvalue weighted by Gasteiger charge is -2.02. The summed E-state index contributed by atoms with van der Waals surface area (Å²) in [6.07, 6.45) is 0. The Kier molecular flexibility index (Phi) is 11.2. The third-order valence-corrected chi connectivity index (χ3v) is 5.34. The summed E-state index contributed by atoms with van der Waals surface area (Å²) in [5.41, 5.74) is 0.0656. The number of carbonyl (C=O) groups is 6. The first-order chi connectivity index (χ1) is 19.8. The van der Waals surface area contributed by atoms with Crippen molar-refractivity contribution in [1.29, 1.82) is 0 Å². The largest absolute Gasteiger partial charge is 0.478 e. The van der Waals surface area contributed by atoms with Gasteiger partial charge in [0.2, 0.25) is 0 Å². The second-order valence-corrected chi connectivity index (χ2v) is 8.08. The summed E-state index contributed by atoms with van der Waals surface area (Å²) < 4.78 is 0. The van der Waals surface area contributed by atoms with Crippen molar-refractivity contribution in [3.63, 3.8) is 0 Å². The van der Waals surface area contributed by atoms with Crippen molar-refractivity contribution < 1.29 is 59.4 Å². The average molecular weight is 574 g/mol. The molecule has 0 bridgehead atoms. The second kappa shape index (κ2) is 14.7. The SMILES string of the molecule is O=C(O)c1ccc(C(=O)O)c(C(=O)O)c1.O=C(O)c1ccc(C(=O)O)c(C(=O)O)c1.c1ccc(-c2ccccc2)cc1. The van der Waals surface area contributed by atoms with E-state index in [0.717, 1.165) is 36.4 Å². The maximum absolute atomic E-state index is 10.6. The van der Waals surface area contributed by atoms with Crippen LogP contribution < -0.4 is 0 Å². The third-order valence-electron chi connectivity index (χ3n) is 5.34. The molecule has 42 heavy (non-hydrogen) atoms. The minimum Gasteiger partial charge on any atom is -0.478 e. The van der Waals surface area contributed by atoms with Crippen LogP contribution in [0.25, 0.3) is 11.1 Å². The van der Waals surface area contributed by atoms with E-state index in [2.05, 4.69) is 48.5 Å². The minimum atomic E-state index is -1.48. The number of hydrogen-bond donors (Lipinski definition) is 6. The van der Waals surface area contributed by atoms with Gasteiger partial charge < -0.3 is 30.6 Å². The Balaban J connectivity index is 0.000000221. The predicted octanol–water partition coefficient (Wildman–Crippen LogP) is 4.92. The van der Waals surface area contributed by atoms with E-state index in [1.807, 2.05) is 12.1 Å². The van der Waals surface area contributed by atoms with E-state index < -0.39 is 58.1 Å². The normalized spacial score (nSPS) is 9.62.